The van der Waals surface area contributed by atoms with Crippen LogP contribution in [-0.2, 0) is 0 Å². The summed E-state index contributed by atoms with van der Waals surface area (Å²) in [4.78, 5) is 30.1. The van der Waals surface area contributed by atoms with E-state index in [9.17, 15) is 0 Å². The molecule has 0 aliphatic rings. The van der Waals surface area contributed by atoms with Crippen molar-refractivity contribution in [3.8, 4) is 102 Å². The van der Waals surface area contributed by atoms with Crippen LogP contribution in [0.3, 0.4) is 0 Å². The summed E-state index contributed by atoms with van der Waals surface area (Å²) in [5, 5.41) is 22.2. The van der Waals surface area contributed by atoms with Crippen LogP contribution in [0.4, 0.5) is 0 Å². The molecular weight excluding hydrogens is 1630 g/mol. The Kier molecular flexibility index (Phi) is 16.2. The van der Waals surface area contributed by atoms with Gasteiger partial charge in [-0.15, -0.1) is 0 Å². The highest BCUT2D eigenvalue weighted by atomic mass is 16.4. The molecule has 618 valence electrons. The van der Waals surface area contributed by atoms with E-state index in [4.69, 9.17) is 52.0 Å². The molecule has 0 atom stereocenters. The van der Waals surface area contributed by atoms with E-state index < -0.39 is 0 Å². The second-order valence-electron chi connectivity index (χ2n) is 34.1. The van der Waals surface area contributed by atoms with E-state index in [1.54, 1.807) is 0 Å². The topological polar surface area (TPSA) is 153 Å². The lowest BCUT2D eigenvalue weighted by Crippen LogP contribution is -2.00. The fraction of sp³-hybridized carbons (Fsp3) is 0. The fourth-order valence-corrected chi connectivity index (χ4v) is 20.6. The van der Waals surface area contributed by atoms with Gasteiger partial charge in [-0.3, -0.25) is 0 Å². The molecule has 0 saturated heterocycles. The van der Waals surface area contributed by atoms with Crippen molar-refractivity contribution in [3.05, 3.63) is 413 Å². The molecule has 29 rings (SSSR count). The van der Waals surface area contributed by atoms with E-state index in [2.05, 4.69) is 258 Å². The zero-order valence-corrected chi connectivity index (χ0v) is 70.9. The van der Waals surface area contributed by atoms with Crippen LogP contribution < -0.4 is 0 Å². The Labute approximate surface area is 756 Å². The lowest BCUT2D eigenvalue weighted by Gasteiger charge is -2.15. The van der Waals surface area contributed by atoms with Crippen LogP contribution in [0.25, 0.3) is 288 Å². The first-order valence-electron chi connectivity index (χ1n) is 44.6. The molecule has 0 spiro atoms. The minimum absolute atomic E-state index is 0.546. The third kappa shape index (κ3) is 11.6. The average molecular weight is 1700 g/mol. The standard InChI is InChI=1S/C63H36N4O2.C57H32N4O3/c1-3-14-37(15-4-1)61-64-62(38-16-5-2-6-17-38)66-63(65-61)40-26-29-45-46-30-28-41(36-53(46)44-19-8-7-18-43(44)52(45)35-40)67-55-24-11-9-20-47(55)54-34-39(27-33-56(54)67)42-22-13-23-49-51-32-31-50-48-21-10-12-25-57(48)68-59(50)60(51)69-58(42)49;1-3-14-33(15-4-1)55-58-56(34-16-5-2-6-17-34)60-57(59-55)44-24-12-22-39-41-23-13-26-48(52(41)63-51(39)44)61-46-25-9-7-18-37(46)45-32-35(28-31-47(45)61)36-20-11-21-40-43-30-29-42-38-19-8-10-27-49(38)62-53(42)54(43)64-50(36)40/h1-36H;1-32H. The van der Waals surface area contributed by atoms with Crippen LogP contribution in [0.2, 0.25) is 0 Å². The summed E-state index contributed by atoms with van der Waals surface area (Å²) in [5.41, 5.74) is 24.1. The second kappa shape index (κ2) is 29.2. The molecule has 0 aliphatic heterocycles. The Balaban J connectivity index is 0.000000133. The first-order chi connectivity index (χ1) is 65.9. The van der Waals surface area contributed by atoms with Crippen LogP contribution in [0.15, 0.2) is 435 Å². The molecule has 20 aromatic carbocycles. The second-order valence-corrected chi connectivity index (χ2v) is 34.1. The number of fused-ring (bicyclic) bond motifs is 29. The van der Waals surface area contributed by atoms with Gasteiger partial charge in [0, 0.05) is 120 Å². The number of nitrogens with zero attached hydrogens (tertiary/aromatic N) is 8. The van der Waals surface area contributed by atoms with Gasteiger partial charge in [-0.05, 0) is 147 Å². The van der Waals surface area contributed by atoms with Crippen molar-refractivity contribution < 1.29 is 22.1 Å². The normalized spacial score (nSPS) is 12.1. The third-order valence-corrected chi connectivity index (χ3v) is 26.7. The van der Waals surface area contributed by atoms with Gasteiger partial charge in [0.15, 0.2) is 62.9 Å². The van der Waals surface area contributed by atoms with Crippen molar-refractivity contribution in [1.29, 1.82) is 0 Å². The van der Waals surface area contributed by atoms with Crippen molar-refractivity contribution >= 4 is 186 Å². The van der Waals surface area contributed by atoms with E-state index >= 15 is 0 Å². The lowest BCUT2D eigenvalue weighted by molar-refractivity contribution is 0.634. The first kappa shape index (κ1) is 73.9. The van der Waals surface area contributed by atoms with Crippen LogP contribution in [0.5, 0.6) is 0 Å². The van der Waals surface area contributed by atoms with Gasteiger partial charge >= 0.3 is 0 Å². The van der Waals surface area contributed by atoms with Crippen molar-refractivity contribution in [2.75, 3.05) is 0 Å². The van der Waals surface area contributed by atoms with E-state index in [1.165, 1.54) is 37.7 Å². The zero-order valence-electron chi connectivity index (χ0n) is 70.9. The van der Waals surface area contributed by atoms with Crippen LogP contribution in [-0.4, -0.2) is 39.0 Å². The smallest absolute Gasteiger partial charge is 0.178 e. The summed E-state index contributed by atoms with van der Waals surface area (Å²) in [6.07, 6.45) is 0. The monoisotopic (exact) mass is 1700 g/mol. The Hall–Kier alpha value is -18.2. The lowest BCUT2D eigenvalue weighted by atomic mass is 9.93. The van der Waals surface area contributed by atoms with Crippen LogP contribution >= 0.6 is 0 Å². The Morgan fingerprint density at radius 2 is 0.451 bits per heavy atom. The summed E-state index contributed by atoms with van der Waals surface area (Å²) >= 11 is 0. The average Bonchev–Trinajstić information content (AvgIpc) is 1.66. The molecule has 0 amide bonds. The molecule has 9 heterocycles. The summed E-state index contributed by atoms with van der Waals surface area (Å²) in [5.74, 6) is 3.67. The van der Waals surface area contributed by atoms with Gasteiger partial charge in [0.2, 0.25) is 0 Å². The molecule has 0 radical (unpaired) electrons. The number of benzene rings is 20. The molecule has 0 bridgehead atoms. The fourth-order valence-electron chi connectivity index (χ4n) is 20.6. The molecular formula is C120H68N8O5. The minimum atomic E-state index is 0.546. The van der Waals surface area contributed by atoms with Gasteiger partial charge in [-0.1, -0.05) is 309 Å². The van der Waals surface area contributed by atoms with Crippen molar-refractivity contribution in [2.24, 2.45) is 0 Å². The molecule has 29 aromatic rings. The van der Waals surface area contributed by atoms with Gasteiger partial charge in [0.1, 0.15) is 27.9 Å². The van der Waals surface area contributed by atoms with Crippen molar-refractivity contribution in [1.82, 2.24) is 39.0 Å². The molecule has 13 nitrogen and oxygen atoms in total. The first-order valence-corrected chi connectivity index (χ1v) is 44.6. The molecule has 0 fully saturated rings. The number of aromatic nitrogens is 8. The number of furan rings is 5. The SMILES string of the molecule is c1ccc(-c2nc(-c3ccccc3)nc(-c3ccc4c5ccc(-n6c7ccccc7c7cc(-c8cccc9c8oc8c9ccc9c%10ccccc%10oc98)ccc76)cc5c5ccccc5c4c3)n2)cc1.c1ccc(-c2nc(-c3ccccc3)nc(-c3cccc4c3oc3c(-n5c6ccccc6c6cc(-c7cccc8c7oc7c8ccc8c9ccccc9oc87)ccc65)cccc34)n2)cc1. The molecule has 9 aromatic heterocycles. The zero-order chi connectivity index (χ0) is 87.0. The summed E-state index contributed by atoms with van der Waals surface area (Å²) < 4.78 is 38.2. The number of para-hydroxylation sites is 8. The predicted molar refractivity (Wildman–Crippen MR) is 541 cm³/mol. The Morgan fingerprint density at radius 3 is 0.940 bits per heavy atom. The van der Waals surface area contributed by atoms with Gasteiger partial charge in [-0.2, -0.15) is 0 Å². The molecule has 133 heavy (non-hydrogen) atoms. The van der Waals surface area contributed by atoms with Crippen molar-refractivity contribution in [3.63, 3.8) is 0 Å². The van der Waals surface area contributed by atoms with Gasteiger partial charge < -0.3 is 31.2 Å². The highest BCUT2D eigenvalue weighted by Crippen LogP contribution is 2.49. The molecule has 0 aliphatic carbocycles. The summed E-state index contributed by atoms with van der Waals surface area (Å²) in [6, 6.07) is 144. The summed E-state index contributed by atoms with van der Waals surface area (Å²) in [7, 11) is 0. The maximum atomic E-state index is 7.06. The molecule has 0 N–H and O–H groups in total. The highest BCUT2D eigenvalue weighted by Gasteiger charge is 2.27. The third-order valence-electron chi connectivity index (χ3n) is 26.7. The van der Waals surface area contributed by atoms with E-state index in [1.807, 2.05) is 164 Å². The van der Waals surface area contributed by atoms with Crippen LogP contribution in [0, 0.1) is 0 Å². The van der Waals surface area contributed by atoms with Gasteiger partial charge in [0.05, 0.1) is 33.3 Å². The summed E-state index contributed by atoms with van der Waals surface area (Å²) in [6.45, 7) is 0. The predicted octanol–water partition coefficient (Wildman–Crippen LogP) is 32.2. The van der Waals surface area contributed by atoms with Crippen molar-refractivity contribution in [2.45, 2.75) is 0 Å². The maximum Gasteiger partial charge on any atom is 0.178 e. The maximum absolute atomic E-state index is 7.06. The molecule has 0 saturated carbocycles. The minimum Gasteiger partial charge on any atom is -0.453 e. The molecule has 0 unspecified atom stereocenters. The van der Waals surface area contributed by atoms with E-state index in [0.29, 0.717) is 34.9 Å². The molecule has 13 heteroatoms. The van der Waals surface area contributed by atoms with Crippen LogP contribution in [0.1, 0.15) is 0 Å². The largest absolute Gasteiger partial charge is 0.453 e. The Morgan fingerprint density at radius 1 is 0.150 bits per heavy atom. The van der Waals surface area contributed by atoms with E-state index in [0.717, 1.165) is 215 Å². The number of rotatable bonds is 10. The Bertz CT molecular complexity index is 9800. The number of hydrogen-bond acceptors (Lipinski definition) is 11. The van der Waals surface area contributed by atoms with Gasteiger partial charge in [-0.25, -0.2) is 29.9 Å². The van der Waals surface area contributed by atoms with Gasteiger partial charge in [0.25, 0.3) is 0 Å². The number of hydrogen-bond donors (Lipinski definition) is 0. The quantitative estimate of drug-likeness (QED) is 0.120. The highest BCUT2D eigenvalue weighted by molar-refractivity contribution is 6.28. The van der Waals surface area contributed by atoms with E-state index in [-0.39, 0.29) is 0 Å².